The van der Waals surface area contributed by atoms with E-state index >= 15 is 0 Å². The lowest BCUT2D eigenvalue weighted by Crippen LogP contribution is -2.23. The molecule has 1 aromatic heterocycles. The van der Waals surface area contributed by atoms with Crippen LogP contribution >= 0.6 is 0 Å². The van der Waals surface area contributed by atoms with Crippen molar-refractivity contribution in [3.05, 3.63) is 22.9 Å². The lowest BCUT2D eigenvalue weighted by Gasteiger charge is -1.98. The molecule has 0 saturated carbocycles. The minimum atomic E-state index is -0.382. The molecule has 0 atom stereocenters. The fourth-order valence-corrected chi connectivity index (χ4v) is 0.678. The molecular formula is C6H7N3O2. The first-order valence-electron chi connectivity index (χ1n) is 2.99. The van der Waals surface area contributed by atoms with Gasteiger partial charge < -0.3 is 10.5 Å². The zero-order chi connectivity index (χ0) is 8.27. The highest BCUT2D eigenvalue weighted by molar-refractivity contribution is 5.49. The predicted molar refractivity (Wildman–Crippen MR) is 39.0 cm³/mol. The van der Waals surface area contributed by atoms with Crippen molar-refractivity contribution in [3.63, 3.8) is 0 Å². The van der Waals surface area contributed by atoms with Gasteiger partial charge in [0.05, 0.1) is 19.1 Å². The maximum atomic E-state index is 11.0. The van der Waals surface area contributed by atoms with Crippen molar-refractivity contribution in [2.75, 3.05) is 5.73 Å². The molecule has 0 aliphatic heterocycles. The average Bonchev–Trinajstić information content (AvgIpc) is 1.99. The minimum absolute atomic E-state index is 0.00310. The summed E-state index contributed by atoms with van der Waals surface area (Å²) >= 11 is 0. The lowest BCUT2D eigenvalue weighted by atomic mass is 10.5. The van der Waals surface area contributed by atoms with E-state index in [1.54, 1.807) is 0 Å². The Balaban J connectivity index is 3.16. The van der Waals surface area contributed by atoms with Crippen molar-refractivity contribution < 1.29 is 4.79 Å². The Morgan fingerprint density at radius 1 is 1.73 bits per heavy atom. The summed E-state index contributed by atoms with van der Waals surface area (Å²) in [6.07, 6.45) is 3.14. The van der Waals surface area contributed by atoms with Crippen LogP contribution in [-0.2, 0) is 11.3 Å². The molecule has 1 aromatic rings. The number of hydrogen-bond donors (Lipinski definition) is 1. The molecule has 0 aromatic carbocycles. The van der Waals surface area contributed by atoms with E-state index in [1.165, 1.54) is 12.5 Å². The van der Waals surface area contributed by atoms with Crippen LogP contribution in [0, 0.1) is 0 Å². The lowest BCUT2D eigenvalue weighted by molar-refractivity contribution is -0.108. The van der Waals surface area contributed by atoms with Crippen LogP contribution in [-0.4, -0.2) is 15.8 Å². The Bertz CT molecular complexity index is 318. The monoisotopic (exact) mass is 153 g/mol. The number of anilines is 1. The number of rotatable bonds is 2. The third-order valence-corrected chi connectivity index (χ3v) is 1.20. The molecule has 11 heavy (non-hydrogen) atoms. The fraction of sp³-hybridized carbons (Fsp3) is 0.167. The van der Waals surface area contributed by atoms with E-state index in [2.05, 4.69) is 4.98 Å². The maximum Gasteiger partial charge on any atom is 0.276 e. The molecule has 0 bridgehead atoms. The summed E-state index contributed by atoms with van der Waals surface area (Å²) in [5, 5.41) is 0. The molecule has 0 radical (unpaired) electrons. The zero-order valence-corrected chi connectivity index (χ0v) is 5.73. The molecule has 0 spiro atoms. The molecule has 0 unspecified atom stereocenters. The van der Waals surface area contributed by atoms with Gasteiger partial charge in [0.2, 0.25) is 0 Å². The SMILES string of the molecule is Nc1cncn(CC=O)c1=O. The van der Waals surface area contributed by atoms with Crippen LogP contribution in [0.25, 0.3) is 0 Å². The molecule has 0 aliphatic rings. The molecule has 5 nitrogen and oxygen atoms in total. The molecule has 1 rings (SSSR count). The summed E-state index contributed by atoms with van der Waals surface area (Å²) < 4.78 is 1.14. The van der Waals surface area contributed by atoms with Crippen molar-refractivity contribution in [1.82, 2.24) is 9.55 Å². The third kappa shape index (κ3) is 1.43. The van der Waals surface area contributed by atoms with E-state index in [9.17, 15) is 9.59 Å². The van der Waals surface area contributed by atoms with Gasteiger partial charge in [-0.05, 0) is 0 Å². The van der Waals surface area contributed by atoms with Crippen molar-refractivity contribution in [3.8, 4) is 0 Å². The second-order valence-electron chi connectivity index (χ2n) is 1.97. The van der Waals surface area contributed by atoms with Crippen molar-refractivity contribution in [1.29, 1.82) is 0 Å². The number of aldehydes is 1. The number of hydrogen-bond acceptors (Lipinski definition) is 4. The number of nitrogen functional groups attached to an aromatic ring is 1. The van der Waals surface area contributed by atoms with Gasteiger partial charge in [-0.1, -0.05) is 0 Å². The van der Waals surface area contributed by atoms with Crippen molar-refractivity contribution >= 4 is 12.0 Å². The first kappa shape index (κ1) is 7.46. The zero-order valence-electron chi connectivity index (χ0n) is 5.73. The first-order chi connectivity index (χ1) is 5.25. The van der Waals surface area contributed by atoms with Gasteiger partial charge in [-0.25, -0.2) is 4.98 Å². The smallest absolute Gasteiger partial charge is 0.276 e. The summed E-state index contributed by atoms with van der Waals surface area (Å²) in [4.78, 5) is 24.6. The standard InChI is InChI=1S/C6H7N3O2/c7-5-3-8-4-9(1-2-10)6(5)11/h2-4H,1,7H2. The number of carbonyl (C=O) groups is 1. The highest BCUT2D eigenvalue weighted by Crippen LogP contribution is 1.85. The summed E-state index contributed by atoms with van der Waals surface area (Å²) in [7, 11) is 0. The third-order valence-electron chi connectivity index (χ3n) is 1.20. The van der Waals surface area contributed by atoms with Crippen LogP contribution in [0.4, 0.5) is 5.69 Å². The van der Waals surface area contributed by atoms with E-state index in [0.717, 1.165) is 4.57 Å². The van der Waals surface area contributed by atoms with Crippen molar-refractivity contribution in [2.45, 2.75) is 6.54 Å². The van der Waals surface area contributed by atoms with Gasteiger partial charge in [0.25, 0.3) is 5.56 Å². The molecule has 5 heteroatoms. The Hall–Kier alpha value is -1.65. The van der Waals surface area contributed by atoms with Crippen LogP contribution in [0.5, 0.6) is 0 Å². The average molecular weight is 153 g/mol. The number of aromatic nitrogens is 2. The molecule has 2 N–H and O–H groups in total. The van der Waals surface area contributed by atoms with Crippen LogP contribution in [0.2, 0.25) is 0 Å². The molecular weight excluding hydrogens is 146 g/mol. The van der Waals surface area contributed by atoms with Gasteiger partial charge in [-0.2, -0.15) is 0 Å². The Morgan fingerprint density at radius 2 is 2.45 bits per heavy atom. The number of carbonyl (C=O) groups excluding carboxylic acids is 1. The van der Waals surface area contributed by atoms with Crippen LogP contribution < -0.4 is 11.3 Å². The fourth-order valence-electron chi connectivity index (χ4n) is 0.678. The Labute approximate surface area is 62.5 Å². The topological polar surface area (TPSA) is 78.0 Å². The Kier molecular flexibility index (Phi) is 2.00. The van der Waals surface area contributed by atoms with Gasteiger partial charge in [0.15, 0.2) is 0 Å². The van der Waals surface area contributed by atoms with Gasteiger partial charge in [-0.3, -0.25) is 9.36 Å². The molecule has 0 saturated heterocycles. The second kappa shape index (κ2) is 2.96. The van der Waals surface area contributed by atoms with Crippen LogP contribution in [0.1, 0.15) is 0 Å². The van der Waals surface area contributed by atoms with E-state index in [1.807, 2.05) is 0 Å². The highest BCUT2D eigenvalue weighted by Gasteiger charge is 1.97. The van der Waals surface area contributed by atoms with Gasteiger partial charge in [0, 0.05) is 0 Å². The van der Waals surface area contributed by atoms with Gasteiger partial charge in [0.1, 0.15) is 12.0 Å². The van der Waals surface area contributed by atoms with Gasteiger partial charge >= 0.3 is 0 Å². The molecule has 0 aliphatic carbocycles. The summed E-state index contributed by atoms with van der Waals surface area (Å²) in [5.74, 6) is 0. The van der Waals surface area contributed by atoms with E-state index in [4.69, 9.17) is 5.73 Å². The van der Waals surface area contributed by atoms with E-state index < -0.39 is 0 Å². The summed E-state index contributed by atoms with van der Waals surface area (Å²) in [6.45, 7) is -0.00310. The number of nitrogens with zero attached hydrogens (tertiary/aromatic N) is 2. The minimum Gasteiger partial charge on any atom is -0.393 e. The molecule has 0 fully saturated rings. The Morgan fingerprint density at radius 3 is 3.09 bits per heavy atom. The maximum absolute atomic E-state index is 11.0. The number of nitrogens with two attached hydrogens (primary N) is 1. The summed E-state index contributed by atoms with van der Waals surface area (Å²) in [6, 6.07) is 0. The van der Waals surface area contributed by atoms with E-state index in [0.29, 0.717) is 6.29 Å². The largest absolute Gasteiger partial charge is 0.393 e. The molecule has 0 amide bonds. The second-order valence-corrected chi connectivity index (χ2v) is 1.97. The normalized spacial score (nSPS) is 9.45. The quantitative estimate of drug-likeness (QED) is 0.554. The van der Waals surface area contributed by atoms with Crippen LogP contribution in [0.3, 0.4) is 0 Å². The van der Waals surface area contributed by atoms with E-state index in [-0.39, 0.29) is 17.8 Å². The summed E-state index contributed by atoms with van der Waals surface area (Å²) in [5.41, 5.74) is 4.91. The molecule has 58 valence electrons. The van der Waals surface area contributed by atoms with Crippen LogP contribution in [0.15, 0.2) is 17.3 Å². The van der Waals surface area contributed by atoms with Crippen molar-refractivity contribution in [2.24, 2.45) is 0 Å². The highest BCUT2D eigenvalue weighted by atomic mass is 16.1. The predicted octanol–water partition coefficient (Wildman–Crippen LogP) is -0.976. The van der Waals surface area contributed by atoms with Gasteiger partial charge in [-0.15, -0.1) is 0 Å². The first-order valence-corrected chi connectivity index (χ1v) is 2.99. The molecule has 1 heterocycles.